The number of benzene rings is 1. The first-order valence-electron chi connectivity index (χ1n) is 6.59. The van der Waals surface area contributed by atoms with Crippen molar-refractivity contribution in [3.05, 3.63) is 42.5 Å². The SMILES string of the molecule is CS(=O)(=O)c1ccccc1NCc1cncn1C1CC1. The summed E-state index contributed by atoms with van der Waals surface area (Å²) in [4.78, 5) is 4.50. The van der Waals surface area contributed by atoms with Gasteiger partial charge in [-0.25, -0.2) is 13.4 Å². The average Bonchev–Trinajstić information content (AvgIpc) is 3.15. The molecule has 1 aromatic heterocycles. The molecular formula is C14H17N3O2S. The summed E-state index contributed by atoms with van der Waals surface area (Å²) in [5.74, 6) is 0. The largest absolute Gasteiger partial charge is 0.378 e. The van der Waals surface area contributed by atoms with E-state index in [4.69, 9.17) is 0 Å². The van der Waals surface area contributed by atoms with Gasteiger partial charge in [0.05, 0.1) is 29.1 Å². The van der Waals surface area contributed by atoms with Gasteiger partial charge in [0.15, 0.2) is 9.84 Å². The van der Waals surface area contributed by atoms with E-state index in [9.17, 15) is 8.42 Å². The number of hydrogen-bond donors (Lipinski definition) is 1. The number of nitrogens with one attached hydrogen (secondary N) is 1. The maximum atomic E-state index is 11.7. The lowest BCUT2D eigenvalue weighted by atomic mass is 10.3. The van der Waals surface area contributed by atoms with E-state index in [0.29, 0.717) is 23.2 Å². The van der Waals surface area contributed by atoms with Crippen LogP contribution in [0.1, 0.15) is 24.6 Å². The maximum absolute atomic E-state index is 11.7. The molecule has 1 aromatic carbocycles. The molecule has 5 nitrogen and oxygen atoms in total. The van der Waals surface area contributed by atoms with E-state index < -0.39 is 9.84 Å². The molecule has 1 saturated carbocycles. The van der Waals surface area contributed by atoms with Gasteiger partial charge >= 0.3 is 0 Å². The minimum Gasteiger partial charge on any atom is -0.378 e. The van der Waals surface area contributed by atoms with Crippen LogP contribution in [0.4, 0.5) is 5.69 Å². The second kappa shape index (κ2) is 4.94. The smallest absolute Gasteiger partial charge is 0.177 e. The fourth-order valence-electron chi connectivity index (χ4n) is 2.27. The van der Waals surface area contributed by atoms with Crippen LogP contribution in [0.5, 0.6) is 0 Å². The lowest BCUT2D eigenvalue weighted by Gasteiger charge is -2.12. The van der Waals surface area contributed by atoms with Crippen molar-refractivity contribution >= 4 is 15.5 Å². The molecule has 106 valence electrons. The van der Waals surface area contributed by atoms with Crippen molar-refractivity contribution < 1.29 is 8.42 Å². The second-order valence-corrected chi connectivity index (χ2v) is 7.13. The topological polar surface area (TPSA) is 64.0 Å². The number of sulfone groups is 1. The highest BCUT2D eigenvalue weighted by Gasteiger charge is 2.25. The van der Waals surface area contributed by atoms with Crippen LogP contribution < -0.4 is 5.32 Å². The van der Waals surface area contributed by atoms with Crippen molar-refractivity contribution in [2.24, 2.45) is 0 Å². The van der Waals surface area contributed by atoms with Gasteiger partial charge in [-0.3, -0.25) is 0 Å². The van der Waals surface area contributed by atoms with E-state index in [1.54, 1.807) is 18.2 Å². The highest BCUT2D eigenvalue weighted by molar-refractivity contribution is 7.90. The fraction of sp³-hybridized carbons (Fsp3) is 0.357. The summed E-state index contributed by atoms with van der Waals surface area (Å²) in [5, 5.41) is 3.21. The molecule has 0 spiro atoms. The highest BCUT2D eigenvalue weighted by Crippen LogP contribution is 2.35. The van der Waals surface area contributed by atoms with Gasteiger partial charge in [-0.05, 0) is 25.0 Å². The summed E-state index contributed by atoms with van der Waals surface area (Å²) < 4.78 is 25.6. The zero-order valence-electron chi connectivity index (χ0n) is 11.3. The summed E-state index contributed by atoms with van der Waals surface area (Å²) in [6.07, 6.45) is 7.29. The standard InChI is InChI=1S/C14H17N3O2S/c1-20(18,19)14-5-3-2-4-13(14)16-9-12-8-15-10-17(12)11-6-7-11/h2-5,8,10-11,16H,6-7,9H2,1H3. The summed E-state index contributed by atoms with van der Waals surface area (Å²) in [7, 11) is -3.22. The number of hydrogen-bond acceptors (Lipinski definition) is 4. The van der Waals surface area contributed by atoms with Crippen molar-refractivity contribution in [2.75, 3.05) is 11.6 Å². The minimum absolute atomic E-state index is 0.331. The Hall–Kier alpha value is -1.82. The Labute approximate surface area is 118 Å². The molecule has 6 heteroatoms. The molecule has 1 heterocycles. The van der Waals surface area contributed by atoms with Crippen LogP contribution in [0.3, 0.4) is 0 Å². The quantitative estimate of drug-likeness (QED) is 0.917. The predicted molar refractivity (Wildman–Crippen MR) is 77.4 cm³/mol. The first-order chi connectivity index (χ1) is 9.55. The third kappa shape index (κ3) is 2.70. The molecule has 0 unspecified atom stereocenters. The Bertz CT molecular complexity index is 718. The van der Waals surface area contributed by atoms with Crippen LogP contribution in [0.2, 0.25) is 0 Å². The van der Waals surface area contributed by atoms with Gasteiger partial charge in [0, 0.05) is 18.5 Å². The summed E-state index contributed by atoms with van der Waals surface area (Å²) >= 11 is 0. The zero-order valence-corrected chi connectivity index (χ0v) is 12.1. The van der Waals surface area contributed by atoms with Crippen molar-refractivity contribution in [1.82, 2.24) is 9.55 Å². The van der Waals surface area contributed by atoms with Crippen LogP contribution >= 0.6 is 0 Å². The first kappa shape index (κ1) is 13.2. The van der Waals surface area contributed by atoms with Crippen molar-refractivity contribution in [3.63, 3.8) is 0 Å². The Morgan fingerprint density at radius 2 is 2.10 bits per heavy atom. The lowest BCUT2D eigenvalue weighted by Crippen LogP contribution is -2.09. The third-order valence-electron chi connectivity index (χ3n) is 3.43. The van der Waals surface area contributed by atoms with Gasteiger partial charge in [-0.15, -0.1) is 0 Å². The Balaban J connectivity index is 1.80. The van der Waals surface area contributed by atoms with Crippen LogP contribution in [0.25, 0.3) is 0 Å². The van der Waals surface area contributed by atoms with Gasteiger partial charge < -0.3 is 9.88 Å². The number of anilines is 1. The summed E-state index contributed by atoms with van der Waals surface area (Å²) in [6, 6.07) is 7.54. The molecule has 1 N–H and O–H groups in total. The van der Waals surface area contributed by atoms with Crippen LogP contribution in [-0.4, -0.2) is 24.2 Å². The monoisotopic (exact) mass is 291 g/mol. The van der Waals surface area contributed by atoms with Crippen molar-refractivity contribution in [2.45, 2.75) is 30.3 Å². The van der Waals surface area contributed by atoms with E-state index in [-0.39, 0.29) is 0 Å². The molecule has 0 saturated heterocycles. The molecule has 0 bridgehead atoms. The van der Waals surface area contributed by atoms with Crippen LogP contribution in [0, 0.1) is 0 Å². The Kier molecular flexibility index (Phi) is 3.25. The molecule has 0 amide bonds. The number of imidazole rings is 1. The predicted octanol–water partition coefficient (Wildman–Crippen LogP) is 2.23. The number of para-hydroxylation sites is 1. The molecule has 0 radical (unpaired) electrons. The molecule has 1 aliphatic carbocycles. The Morgan fingerprint density at radius 3 is 2.80 bits per heavy atom. The Morgan fingerprint density at radius 1 is 1.35 bits per heavy atom. The van der Waals surface area contributed by atoms with E-state index in [1.807, 2.05) is 18.6 Å². The number of rotatable bonds is 5. The lowest BCUT2D eigenvalue weighted by molar-refractivity contribution is 0.602. The number of aromatic nitrogens is 2. The number of nitrogens with zero attached hydrogens (tertiary/aromatic N) is 2. The molecule has 1 fully saturated rings. The molecule has 2 aromatic rings. The highest BCUT2D eigenvalue weighted by atomic mass is 32.2. The maximum Gasteiger partial charge on any atom is 0.177 e. The normalized spacial score (nSPS) is 15.2. The van der Waals surface area contributed by atoms with Gasteiger partial charge in [0.25, 0.3) is 0 Å². The third-order valence-corrected chi connectivity index (χ3v) is 4.59. The van der Waals surface area contributed by atoms with Crippen molar-refractivity contribution in [3.8, 4) is 0 Å². The minimum atomic E-state index is -3.22. The molecule has 3 rings (SSSR count). The average molecular weight is 291 g/mol. The molecule has 20 heavy (non-hydrogen) atoms. The van der Waals surface area contributed by atoms with Crippen molar-refractivity contribution in [1.29, 1.82) is 0 Å². The summed E-state index contributed by atoms with van der Waals surface area (Å²) in [5.41, 5.74) is 1.72. The fourth-order valence-corrected chi connectivity index (χ4v) is 3.14. The van der Waals surface area contributed by atoms with E-state index in [0.717, 1.165) is 5.69 Å². The van der Waals surface area contributed by atoms with Gasteiger partial charge in [-0.1, -0.05) is 12.1 Å². The van der Waals surface area contributed by atoms with Crippen LogP contribution in [0.15, 0.2) is 41.7 Å². The molecule has 1 aliphatic rings. The molecular weight excluding hydrogens is 274 g/mol. The summed E-state index contributed by atoms with van der Waals surface area (Å²) in [6.45, 7) is 0.572. The van der Waals surface area contributed by atoms with Gasteiger partial charge in [0.1, 0.15) is 0 Å². The zero-order chi connectivity index (χ0) is 14.2. The van der Waals surface area contributed by atoms with E-state index in [2.05, 4.69) is 14.9 Å². The van der Waals surface area contributed by atoms with E-state index >= 15 is 0 Å². The van der Waals surface area contributed by atoms with E-state index in [1.165, 1.54) is 19.1 Å². The molecule has 0 aliphatic heterocycles. The molecule has 0 atom stereocenters. The van der Waals surface area contributed by atoms with Gasteiger partial charge in [-0.2, -0.15) is 0 Å². The second-order valence-electron chi connectivity index (χ2n) is 5.15. The van der Waals surface area contributed by atoms with Crippen LogP contribution in [-0.2, 0) is 16.4 Å². The first-order valence-corrected chi connectivity index (χ1v) is 8.48. The van der Waals surface area contributed by atoms with Gasteiger partial charge in [0.2, 0.25) is 0 Å².